The number of benzene rings is 2. The molecule has 4 heterocycles. The number of hydrogen-bond acceptors (Lipinski definition) is 9. The Morgan fingerprint density at radius 3 is 2.07 bits per heavy atom. The smallest absolute Gasteiger partial charge is 0.422 e. The first-order valence-corrected chi connectivity index (χ1v) is 15.5. The fourth-order valence-electron chi connectivity index (χ4n) is 4.64. The minimum atomic E-state index is -4.52. The zero-order valence-corrected chi connectivity index (χ0v) is 24.7. The second-order valence-corrected chi connectivity index (χ2v) is 12.0. The van der Waals surface area contributed by atoms with Gasteiger partial charge in [0.05, 0.1) is 22.7 Å². The molecule has 6 rings (SSSR count). The molecule has 2 aliphatic rings. The zero-order chi connectivity index (χ0) is 32.6. The topological polar surface area (TPSA) is 114 Å². The van der Waals surface area contributed by atoms with Gasteiger partial charge in [-0.15, -0.1) is 0 Å². The van der Waals surface area contributed by atoms with E-state index in [1.165, 1.54) is 70.3 Å². The lowest BCUT2D eigenvalue weighted by Crippen LogP contribution is -2.46. The summed E-state index contributed by atoms with van der Waals surface area (Å²) in [7, 11) is 1.99. The molecule has 46 heavy (non-hydrogen) atoms. The minimum absolute atomic E-state index is 0.0459. The van der Waals surface area contributed by atoms with E-state index in [4.69, 9.17) is 9.47 Å². The molecule has 2 unspecified atom stereocenters. The Bertz CT molecular complexity index is 1870. The number of H-pyrrole nitrogens is 1. The number of alkyl halides is 6. The van der Waals surface area contributed by atoms with Crippen LogP contribution in [0, 0.1) is 5.92 Å². The van der Waals surface area contributed by atoms with Gasteiger partial charge < -0.3 is 14.5 Å². The molecule has 1 N–H and O–H groups in total. The van der Waals surface area contributed by atoms with E-state index >= 15 is 0 Å². The van der Waals surface area contributed by atoms with Crippen LogP contribution in [0.1, 0.15) is 6.42 Å². The first-order chi connectivity index (χ1) is 21.9. The number of aromatic amines is 1. The number of nitrogens with zero attached hydrogens (tertiary/aromatic N) is 5. The number of carbonyl (C=O) groups excluding carboxylic acids is 1. The number of nitrogens with one attached hydrogen (secondary N) is 1. The van der Waals surface area contributed by atoms with Crippen LogP contribution in [-0.2, 0) is 4.79 Å². The fraction of sp³-hybridized carbons (Fsp3) is 0.250. The number of fused-ring (bicyclic) bond motifs is 2. The van der Waals surface area contributed by atoms with E-state index in [9.17, 15) is 35.9 Å². The number of hydrogen-bond donors (Lipinski definition) is 1. The standard InChI is InChI=1S/C28H20F6N6O4S2/c29-27(30,31)13-43-17-5-1-15(2-6-17)39-23(41)19-9-11-35-21(19)37-25(39)45-46-26-38-22-20(10-12-36-22)24(42)40(26)16-3-7-18(8-4-16)44-14-28(32,33)34/h1-9,11-12,20,22,35H,10,13-14H2. The molecule has 2 aromatic heterocycles. The molecular weight excluding hydrogens is 662 g/mol. The van der Waals surface area contributed by atoms with E-state index < -0.39 is 43.2 Å². The summed E-state index contributed by atoms with van der Waals surface area (Å²) < 4.78 is 86.4. The van der Waals surface area contributed by atoms with Crippen LogP contribution in [0.15, 0.2) is 80.7 Å². The summed E-state index contributed by atoms with van der Waals surface area (Å²) in [6, 6.07) is 12.4. The van der Waals surface area contributed by atoms with E-state index in [0.717, 1.165) is 21.6 Å². The number of ether oxygens (including phenoxy) is 2. The van der Waals surface area contributed by atoms with Crippen molar-refractivity contribution in [2.24, 2.45) is 15.9 Å². The number of rotatable bonds is 8. The van der Waals surface area contributed by atoms with Crippen molar-refractivity contribution in [2.75, 3.05) is 18.1 Å². The largest absolute Gasteiger partial charge is 0.484 e. The van der Waals surface area contributed by atoms with Gasteiger partial charge in [0.15, 0.2) is 29.7 Å². The molecule has 2 aliphatic heterocycles. The highest BCUT2D eigenvalue weighted by atomic mass is 33.1. The van der Waals surface area contributed by atoms with Crippen LogP contribution in [0.3, 0.4) is 0 Å². The highest BCUT2D eigenvalue weighted by Crippen LogP contribution is 2.40. The summed E-state index contributed by atoms with van der Waals surface area (Å²) in [5, 5.41) is 0.592. The van der Waals surface area contributed by atoms with Crippen molar-refractivity contribution in [3.63, 3.8) is 0 Å². The lowest BCUT2D eigenvalue weighted by molar-refractivity contribution is -0.154. The van der Waals surface area contributed by atoms with E-state index in [1.807, 2.05) is 0 Å². The molecule has 1 amide bonds. The molecule has 0 bridgehead atoms. The summed E-state index contributed by atoms with van der Waals surface area (Å²) in [6.45, 7) is -2.95. The first-order valence-electron chi connectivity index (χ1n) is 13.3. The second-order valence-electron chi connectivity index (χ2n) is 9.91. The van der Waals surface area contributed by atoms with Gasteiger partial charge in [0, 0.05) is 12.4 Å². The third kappa shape index (κ3) is 6.86. The van der Waals surface area contributed by atoms with Gasteiger partial charge in [0.25, 0.3) is 5.56 Å². The predicted molar refractivity (Wildman–Crippen MR) is 160 cm³/mol. The van der Waals surface area contributed by atoms with Gasteiger partial charge in [-0.25, -0.2) is 9.98 Å². The lowest BCUT2D eigenvalue weighted by atomic mass is 10.0. The normalized spacial score (nSPS) is 18.2. The van der Waals surface area contributed by atoms with E-state index in [-0.39, 0.29) is 44.5 Å². The highest BCUT2D eigenvalue weighted by molar-refractivity contribution is 8.82. The second kappa shape index (κ2) is 12.4. The Hall–Kier alpha value is -4.45. The molecule has 0 fully saturated rings. The third-order valence-corrected chi connectivity index (χ3v) is 8.78. The summed E-state index contributed by atoms with van der Waals surface area (Å²) in [6.07, 6.45) is -6.23. The third-order valence-electron chi connectivity index (χ3n) is 6.69. The van der Waals surface area contributed by atoms with Crippen molar-refractivity contribution in [3.05, 3.63) is 71.1 Å². The Balaban J connectivity index is 1.30. The number of halogens is 6. The van der Waals surface area contributed by atoms with Gasteiger partial charge in [0.1, 0.15) is 17.1 Å². The van der Waals surface area contributed by atoms with Crippen LogP contribution in [0.4, 0.5) is 32.0 Å². The van der Waals surface area contributed by atoms with Crippen molar-refractivity contribution >= 4 is 55.6 Å². The fourth-order valence-corrected chi connectivity index (χ4v) is 6.73. The maximum absolute atomic E-state index is 13.6. The first kappa shape index (κ1) is 31.5. The quantitative estimate of drug-likeness (QED) is 0.135. The monoisotopic (exact) mass is 682 g/mol. The highest BCUT2D eigenvalue weighted by Gasteiger charge is 2.41. The Labute approximate surface area is 262 Å². The number of carbonyl (C=O) groups is 1. The van der Waals surface area contributed by atoms with Gasteiger partial charge >= 0.3 is 12.4 Å². The maximum atomic E-state index is 13.6. The SMILES string of the molecule is O=C1C2CC=NC2N=C(SSc2nc3[nH]ccc3c(=O)n2-c2ccc(OCC(F)(F)F)cc2)N1c1ccc(OCC(F)(F)F)cc1. The summed E-state index contributed by atoms with van der Waals surface area (Å²) in [4.78, 5) is 44.8. The molecule has 2 aromatic carbocycles. The van der Waals surface area contributed by atoms with Gasteiger partial charge in [-0.05, 0) is 82.6 Å². The van der Waals surface area contributed by atoms with Crippen molar-refractivity contribution in [1.29, 1.82) is 0 Å². The number of aliphatic imine (C=N–C) groups is 2. The average Bonchev–Trinajstić information content (AvgIpc) is 3.68. The number of anilines is 1. The molecule has 0 radical (unpaired) electrons. The Morgan fingerprint density at radius 1 is 0.848 bits per heavy atom. The number of amidine groups is 1. The Morgan fingerprint density at radius 2 is 1.46 bits per heavy atom. The number of aromatic nitrogens is 3. The van der Waals surface area contributed by atoms with Crippen molar-refractivity contribution in [1.82, 2.24) is 14.5 Å². The molecule has 0 saturated heterocycles. The van der Waals surface area contributed by atoms with Crippen LogP contribution in [-0.4, -0.2) is 63.6 Å². The molecule has 10 nitrogen and oxygen atoms in total. The molecule has 18 heteroatoms. The van der Waals surface area contributed by atoms with Gasteiger partial charge in [0.2, 0.25) is 5.91 Å². The van der Waals surface area contributed by atoms with Crippen LogP contribution in [0.5, 0.6) is 11.5 Å². The van der Waals surface area contributed by atoms with Gasteiger partial charge in [-0.2, -0.15) is 26.3 Å². The van der Waals surface area contributed by atoms with Crippen molar-refractivity contribution in [3.8, 4) is 17.2 Å². The molecule has 2 atom stereocenters. The summed E-state index contributed by atoms with van der Waals surface area (Å²) in [5.41, 5.74) is 0.423. The molecule has 240 valence electrons. The van der Waals surface area contributed by atoms with Crippen LogP contribution < -0.4 is 19.9 Å². The van der Waals surface area contributed by atoms with Gasteiger partial charge in [-0.1, -0.05) is 0 Å². The molecule has 0 aliphatic carbocycles. The molecule has 0 spiro atoms. The van der Waals surface area contributed by atoms with E-state index in [0.29, 0.717) is 12.1 Å². The van der Waals surface area contributed by atoms with Crippen LogP contribution in [0.25, 0.3) is 16.7 Å². The predicted octanol–water partition coefficient (Wildman–Crippen LogP) is 6.16. The lowest BCUT2D eigenvalue weighted by Gasteiger charge is -2.32. The zero-order valence-electron chi connectivity index (χ0n) is 23.1. The molecular formula is C28H20F6N6O4S2. The van der Waals surface area contributed by atoms with Crippen LogP contribution >= 0.6 is 21.6 Å². The maximum Gasteiger partial charge on any atom is 0.422 e. The average molecular weight is 683 g/mol. The van der Waals surface area contributed by atoms with Crippen LogP contribution in [0.2, 0.25) is 0 Å². The summed E-state index contributed by atoms with van der Waals surface area (Å²) >= 11 is 0. The van der Waals surface area contributed by atoms with Crippen molar-refractivity contribution < 1.29 is 40.6 Å². The molecule has 0 saturated carbocycles. The minimum Gasteiger partial charge on any atom is -0.484 e. The van der Waals surface area contributed by atoms with E-state index in [2.05, 4.69) is 20.0 Å². The Kier molecular flexibility index (Phi) is 8.49. The van der Waals surface area contributed by atoms with E-state index in [1.54, 1.807) is 6.21 Å². The summed E-state index contributed by atoms with van der Waals surface area (Å²) in [5.74, 6) is -1.000. The van der Waals surface area contributed by atoms with Gasteiger partial charge in [-0.3, -0.25) is 24.0 Å². The van der Waals surface area contributed by atoms with Crippen molar-refractivity contribution in [2.45, 2.75) is 30.1 Å². The molecule has 4 aromatic rings. The number of amides is 1.